The number of anilines is 1. The number of amides is 1. The minimum Gasteiger partial charge on any atom is -0.479 e. The maximum absolute atomic E-state index is 15.5. The average Bonchev–Trinajstić information content (AvgIpc) is 3.97. The van der Waals surface area contributed by atoms with E-state index in [1.165, 1.54) is 35.2 Å². The lowest BCUT2D eigenvalue weighted by atomic mass is 9.84. The van der Waals surface area contributed by atoms with E-state index in [0.717, 1.165) is 30.9 Å². The van der Waals surface area contributed by atoms with E-state index >= 15 is 8.78 Å². The first-order valence-electron chi connectivity index (χ1n) is 16.8. The Morgan fingerprint density at radius 3 is 2.28 bits per heavy atom. The molecule has 1 fully saturated rings. The molecule has 5 rings (SSSR count). The molecule has 0 unspecified atom stereocenters. The highest BCUT2D eigenvalue weighted by Gasteiger charge is 2.38. The molecule has 4 aromatic carbocycles. The number of hydrogen-bond donors (Lipinski definition) is 1. The smallest absolute Gasteiger partial charge is 0.335 e. The summed E-state index contributed by atoms with van der Waals surface area (Å²) in [5, 5.41) is 8.63. The molecule has 1 saturated carbocycles. The molecule has 0 atom stereocenters. The third kappa shape index (κ3) is 8.71. The Morgan fingerprint density at radius 1 is 0.981 bits per heavy atom. The molecule has 1 aliphatic carbocycles. The lowest BCUT2D eigenvalue weighted by Gasteiger charge is -2.30. The minimum atomic E-state index is -5.30. The zero-order valence-electron chi connectivity index (χ0n) is 29.9. The van der Waals surface area contributed by atoms with Crippen LogP contribution in [0.3, 0.4) is 0 Å². The molecule has 284 valence electrons. The maximum atomic E-state index is 15.5. The van der Waals surface area contributed by atoms with Crippen molar-refractivity contribution in [2.45, 2.75) is 69.9 Å². The van der Waals surface area contributed by atoms with Gasteiger partial charge in [-0.3, -0.25) is 4.79 Å². The van der Waals surface area contributed by atoms with Crippen molar-refractivity contribution < 1.29 is 41.0 Å². The van der Waals surface area contributed by atoms with Crippen LogP contribution in [0.2, 0.25) is 10.0 Å². The number of hydrogen-bond acceptors (Lipinski definition) is 5. The van der Waals surface area contributed by atoms with Crippen LogP contribution in [0.15, 0.2) is 65.6 Å². The number of aromatic carboxylic acids is 1. The molecule has 54 heavy (non-hydrogen) atoms. The van der Waals surface area contributed by atoms with E-state index in [4.69, 9.17) is 34.4 Å². The zero-order chi connectivity index (χ0) is 39.7. The summed E-state index contributed by atoms with van der Waals surface area (Å²) in [6, 6.07) is 15.8. The van der Waals surface area contributed by atoms with Crippen LogP contribution < -0.4 is 9.64 Å². The van der Waals surface area contributed by atoms with E-state index in [2.05, 4.69) is 12.0 Å². The molecule has 1 aliphatic rings. The number of carboxylic acid groups (broad SMARTS) is 1. The fourth-order valence-electron chi connectivity index (χ4n) is 5.85. The normalized spacial score (nSPS) is 13.1. The number of sulfonamides is 1. The van der Waals surface area contributed by atoms with Gasteiger partial charge in [-0.25, -0.2) is 26.4 Å². The largest absolute Gasteiger partial charge is 0.479 e. The molecule has 8 nitrogen and oxygen atoms in total. The Morgan fingerprint density at radius 2 is 1.67 bits per heavy atom. The van der Waals surface area contributed by atoms with E-state index in [-0.39, 0.29) is 46.2 Å². The molecule has 14 heteroatoms. The molecule has 0 saturated heterocycles. The molecule has 1 amide bonds. The molecule has 0 radical (unpaired) electrons. The Hall–Kier alpha value is -4.54. The van der Waals surface area contributed by atoms with Crippen molar-refractivity contribution in [2.24, 2.45) is 0 Å². The number of halogens is 5. The van der Waals surface area contributed by atoms with Crippen LogP contribution in [0, 0.1) is 36.7 Å². The van der Waals surface area contributed by atoms with Crippen LogP contribution in [-0.2, 0) is 33.3 Å². The second kappa shape index (κ2) is 16.1. The summed E-state index contributed by atoms with van der Waals surface area (Å²) in [6.45, 7) is 4.89. The van der Waals surface area contributed by atoms with Crippen LogP contribution >= 0.6 is 23.2 Å². The van der Waals surface area contributed by atoms with Gasteiger partial charge in [-0.1, -0.05) is 86.3 Å². The zero-order valence-corrected chi connectivity index (χ0v) is 32.2. The number of rotatable bonds is 13. The van der Waals surface area contributed by atoms with Gasteiger partial charge >= 0.3 is 5.97 Å². The molecule has 0 aliphatic heterocycles. The fourth-order valence-corrected chi connectivity index (χ4v) is 8.04. The molecular weight excluding hydrogens is 764 g/mol. The molecule has 0 bridgehead atoms. The Labute approximate surface area is 322 Å². The number of ether oxygens (including phenoxy) is 1. The Kier molecular flexibility index (Phi) is 12.1. The Balaban J connectivity index is 1.69. The van der Waals surface area contributed by atoms with Gasteiger partial charge in [0.2, 0.25) is 15.9 Å². The second-order valence-electron chi connectivity index (χ2n) is 14.0. The van der Waals surface area contributed by atoms with Crippen molar-refractivity contribution in [2.75, 3.05) is 18.1 Å². The van der Waals surface area contributed by atoms with Crippen molar-refractivity contribution in [1.82, 2.24) is 4.31 Å². The first-order valence-corrected chi connectivity index (χ1v) is 19.0. The highest BCUT2D eigenvalue weighted by atomic mass is 35.5. The number of nitrogens with zero attached hydrogens (tertiary/aromatic N) is 2. The van der Waals surface area contributed by atoms with Crippen molar-refractivity contribution >= 4 is 50.8 Å². The summed E-state index contributed by atoms with van der Waals surface area (Å²) in [7, 11) is -5.30. The van der Waals surface area contributed by atoms with E-state index in [1.54, 1.807) is 12.1 Å². The van der Waals surface area contributed by atoms with Gasteiger partial charge in [0.05, 0.1) is 29.4 Å². The first kappa shape index (κ1) is 40.6. The van der Waals surface area contributed by atoms with Gasteiger partial charge in [-0.15, -0.1) is 6.42 Å². The molecule has 1 N–H and O–H groups in total. The van der Waals surface area contributed by atoms with Crippen molar-refractivity contribution in [3.05, 3.63) is 122 Å². The molecule has 4 aromatic rings. The molecule has 0 heterocycles. The van der Waals surface area contributed by atoms with Crippen LogP contribution in [0.1, 0.15) is 77.7 Å². The second-order valence-corrected chi connectivity index (χ2v) is 16.7. The number of carboxylic acids is 1. The van der Waals surface area contributed by atoms with E-state index in [0.29, 0.717) is 15.8 Å². The van der Waals surface area contributed by atoms with Gasteiger partial charge in [0.25, 0.3) is 0 Å². The lowest BCUT2D eigenvalue weighted by molar-refractivity contribution is -0.119. The topological polar surface area (TPSA) is 104 Å². The summed E-state index contributed by atoms with van der Waals surface area (Å²) in [4.78, 5) is 26.4. The quantitative estimate of drug-likeness (QED) is 0.107. The molecular formula is C40H37Cl2F3N2O6S. The lowest BCUT2D eigenvalue weighted by Crippen LogP contribution is -2.43. The fraction of sp³-hybridized carbons (Fsp3) is 0.300. The maximum Gasteiger partial charge on any atom is 0.335 e. The average molecular weight is 802 g/mol. The van der Waals surface area contributed by atoms with Gasteiger partial charge in [-0.2, -0.15) is 4.31 Å². The predicted molar refractivity (Wildman–Crippen MR) is 201 cm³/mol. The summed E-state index contributed by atoms with van der Waals surface area (Å²) in [6.07, 6.45) is 7.43. The summed E-state index contributed by atoms with van der Waals surface area (Å²) < 4.78 is 80.3. The van der Waals surface area contributed by atoms with Crippen LogP contribution in [0.4, 0.5) is 18.9 Å². The monoisotopic (exact) mass is 800 g/mol. The Bertz CT molecular complexity index is 2260. The molecule has 0 spiro atoms. The highest BCUT2D eigenvalue weighted by molar-refractivity contribution is 7.89. The standard InChI is InChI=1S/C40H37Cl2F3N2O6S/c1-6-15-53-32-19-26(39(49)50)13-14-31(32)47(20-24-16-28(25-11-12-25)18-29(17-24)40(3,4)5)33(48)22-46(21-27-9-7-8-10-30(27)41)54(51,52)38-34(42)35(43)23(2)36(44)37(38)45/h1,7-10,13-14,16-19,25H,11-12,15,20-22H2,2-5H3,(H,49,50). The summed E-state index contributed by atoms with van der Waals surface area (Å²) in [5.41, 5.74) is 1.63. The number of carbonyl (C=O) groups excluding carboxylic acids is 1. The van der Waals surface area contributed by atoms with Gasteiger partial charge in [0, 0.05) is 17.1 Å². The molecule has 0 aromatic heterocycles. The van der Waals surface area contributed by atoms with Crippen molar-refractivity contribution in [3.8, 4) is 18.1 Å². The van der Waals surface area contributed by atoms with E-state index in [1.807, 2.05) is 32.9 Å². The van der Waals surface area contributed by atoms with Gasteiger partial charge in [0.15, 0.2) is 11.6 Å². The number of terminal acetylenes is 1. The predicted octanol–water partition coefficient (Wildman–Crippen LogP) is 9.03. The highest BCUT2D eigenvalue weighted by Crippen LogP contribution is 2.42. The SMILES string of the molecule is C#CCOc1cc(C(=O)O)ccc1N(Cc1cc(C2CC2)cc(C(C)(C)C)c1)C(=O)CN(Cc1ccccc1Cl)S(=O)(=O)c1c(F)c(F)c(C)c(F)c1Cl. The van der Waals surface area contributed by atoms with Crippen LogP contribution in [0.25, 0.3) is 0 Å². The summed E-state index contributed by atoms with van der Waals surface area (Å²) >= 11 is 12.4. The van der Waals surface area contributed by atoms with Gasteiger partial charge in [0.1, 0.15) is 23.1 Å². The van der Waals surface area contributed by atoms with Crippen molar-refractivity contribution in [1.29, 1.82) is 0 Å². The van der Waals surface area contributed by atoms with Crippen molar-refractivity contribution in [3.63, 3.8) is 0 Å². The van der Waals surface area contributed by atoms with Gasteiger partial charge in [-0.05, 0) is 77.6 Å². The third-order valence-electron chi connectivity index (χ3n) is 9.04. The first-order chi connectivity index (χ1) is 25.3. The minimum absolute atomic E-state index is 0.0427. The van der Waals surface area contributed by atoms with E-state index < -0.39 is 67.9 Å². The number of benzene rings is 4. The van der Waals surface area contributed by atoms with Crippen LogP contribution in [-0.4, -0.2) is 42.9 Å². The summed E-state index contributed by atoms with van der Waals surface area (Å²) in [5.74, 6) is -4.83. The van der Waals surface area contributed by atoms with E-state index in [9.17, 15) is 27.5 Å². The van der Waals surface area contributed by atoms with Crippen LogP contribution in [0.5, 0.6) is 5.75 Å². The third-order valence-corrected chi connectivity index (χ3v) is 11.7. The number of carbonyl (C=O) groups is 2. The van der Waals surface area contributed by atoms with Gasteiger partial charge < -0.3 is 14.7 Å².